The highest BCUT2D eigenvalue weighted by atomic mass is 31.2. The Morgan fingerprint density at radius 3 is 2.57 bits per heavy atom. The van der Waals surface area contributed by atoms with Gasteiger partial charge in [-0.25, -0.2) is 4.57 Å². The zero-order valence-electron chi connectivity index (χ0n) is 7.61. The predicted molar refractivity (Wildman–Crippen MR) is 47.6 cm³/mol. The highest BCUT2D eigenvalue weighted by Gasteiger charge is 2.42. The Kier molecular flexibility index (Phi) is 3.74. The predicted octanol–water partition coefficient (Wildman–Crippen LogP) is -1.01. The minimum absolute atomic E-state index is 0.375. The van der Waals surface area contributed by atoms with Crippen LogP contribution in [0.5, 0.6) is 0 Å². The summed E-state index contributed by atoms with van der Waals surface area (Å²) in [5.74, 6) is -0.375. The molecule has 4 unspecified atom stereocenters. The van der Waals surface area contributed by atoms with Crippen LogP contribution < -0.4 is 0 Å². The van der Waals surface area contributed by atoms with E-state index in [4.69, 9.17) is 27.5 Å². The molecule has 1 aliphatic rings. The molecule has 8 heteroatoms. The number of ether oxygens (including phenoxy) is 1. The summed E-state index contributed by atoms with van der Waals surface area (Å²) in [5, 5.41) is 8.86. The number of rotatable bonds is 3. The van der Waals surface area contributed by atoms with Crippen LogP contribution in [0.25, 0.3) is 0 Å². The van der Waals surface area contributed by atoms with Gasteiger partial charge in [-0.05, 0) is 0 Å². The first-order valence-electron chi connectivity index (χ1n) is 4.11. The maximum absolute atomic E-state index is 10.6. The van der Waals surface area contributed by atoms with E-state index in [-0.39, 0.29) is 12.5 Å². The van der Waals surface area contributed by atoms with Crippen LogP contribution in [0.1, 0.15) is 6.92 Å². The molecule has 0 aromatic carbocycles. The summed E-state index contributed by atoms with van der Waals surface area (Å²) in [5.41, 5.74) is 0. The van der Waals surface area contributed by atoms with E-state index in [1.165, 1.54) is 0 Å². The second kappa shape index (κ2) is 4.30. The number of aliphatic hydroxyl groups is 1. The topological polar surface area (TPSA) is 96.2 Å². The normalized spacial score (nSPS) is 38.9. The summed E-state index contributed by atoms with van der Waals surface area (Å²) in [6.07, 6.45) is -1.66. The first-order chi connectivity index (χ1) is 6.35. The van der Waals surface area contributed by atoms with Crippen LogP contribution in [0, 0.1) is 5.92 Å². The molecule has 0 aliphatic carbocycles. The molecule has 1 saturated heterocycles. The Balaban J connectivity index is 2.69. The van der Waals surface area contributed by atoms with Gasteiger partial charge in [-0.3, -0.25) is 4.52 Å². The van der Waals surface area contributed by atoms with Gasteiger partial charge in [0.2, 0.25) is 0 Å². The van der Waals surface area contributed by atoms with Gasteiger partial charge >= 0.3 is 7.82 Å². The summed E-state index contributed by atoms with van der Waals surface area (Å²) in [4.78, 5) is 17.2. The maximum atomic E-state index is 10.6. The highest BCUT2D eigenvalue weighted by molar-refractivity contribution is 7.46. The number of hydrogen-bond acceptors (Lipinski definition) is 4. The zero-order valence-corrected chi connectivity index (χ0v) is 8.50. The van der Waals surface area contributed by atoms with Gasteiger partial charge < -0.3 is 19.6 Å². The third-order valence-corrected chi connectivity index (χ3v) is 2.69. The molecule has 0 saturated carbocycles. The van der Waals surface area contributed by atoms with Crippen molar-refractivity contribution < 1.29 is 28.7 Å². The van der Waals surface area contributed by atoms with Crippen molar-refractivity contribution in [3.63, 3.8) is 0 Å². The van der Waals surface area contributed by atoms with E-state index in [1.54, 1.807) is 6.92 Å². The average molecular weight is 222 g/mol. The van der Waals surface area contributed by atoms with Crippen molar-refractivity contribution in [2.24, 2.45) is 5.92 Å². The van der Waals surface area contributed by atoms with Gasteiger partial charge in [0.1, 0.15) is 20.1 Å². The number of phosphoric acid groups is 1. The van der Waals surface area contributed by atoms with Crippen molar-refractivity contribution in [1.29, 1.82) is 0 Å². The van der Waals surface area contributed by atoms with E-state index in [9.17, 15) is 4.57 Å². The van der Waals surface area contributed by atoms with E-state index in [0.29, 0.717) is 0 Å². The van der Waals surface area contributed by atoms with Gasteiger partial charge in [-0.2, -0.15) is 0 Å². The molecule has 80 valence electrons. The first-order valence-corrected chi connectivity index (χ1v) is 5.64. The van der Waals surface area contributed by atoms with Gasteiger partial charge in [0.05, 0.1) is 6.61 Å². The average Bonchev–Trinajstić information content (AvgIpc) is 2.30. The monoisotopic (exact) mass is 222 g/mol. The smallest absolute Gasteiger partial charge is 0.394 e. The fourth-order valence-electron chi connectivity index (χ4n) is 1.40. The van der Waals surface area contributed by atoms with Crippen molar-refractivity contribution in [3.05, 3.63) is 0 Å². The molecule has 0 bridgehead atoms. The minimum Gasteiger partial charge on any atom is -0.394 e. The third kappa shape index (κ3) is 2.79. The van der Waals surface area contributed by atoms with Crippen LogP contribution >= 0.6 is 7.82 Å². The molecular formula is C6H12BO6P. The Labute approximate surface area is 82.9 Å². The molecule has 0 amide bonds. The van der Waals surface area contributed by atoms with Crippen LogP contribution in [0.3, 0.4) is 0 Å². The largest absolute Gasteiger partial charge is 0.469 e. The number of aliphatic hydroxyl groups excluding tert-OH is 1. The molecule has 0 spiro atoms. The lowest BCUT2D eigenvalue weighted by Gasteiger charge is -2.20. The quantitative estimate of drug-likeness (QED) is 0.418. The zero-order chi connectivity index (χ0) is 10.9. The van der Waals surface area contributed by atoms with Crippen LogP contribution in [-0.2, 0) is 13.8 Å². The Morgan fingerprint density at radius 2 is 2.14 bits per heavy atom. The highest BCUT2D eigenvalue weighted by Crippen LogP contribution is 2.43. The molecular weight excluding hydrogens is 210 g/mol. The molecule has 2 radical (unpaired) electrons. The lowest BCUT2D eigenvalue weighted by molar-refractivity contribution is -0.00505. The number of phosphoric ester groups is 1. The van der Waals surface area contributed by atoms with Crippen molar-refractivity contribution in [1.82, 2.24) is 0 Å². The van der Waals surface area contributed by atoms with E-state index in [0.717, 1.165) is 0 Å². The fraction of sp³-hybridized carbons (Fsp3) is 1.00. The molecule has 6 nitrogen and oxygen atoms in total. The summed E-state index contributed by atoms with van der Waals surface area (Å²) in [7, 11) is 0.911. The van der Waals surface area contributed by atoms with Crippen LogP contribution in [-0.4, -0.2) is 47.6 Å². The van der Waals surface area contributed by atoms with E-state index in [1.807, 2.05) is 0 Å². The lowest BCUT2D eigenvalue weighted by atomic mass is 9.86. The minimum atomic E-state index is -4.58. The summed E-state index contributed by atoms with van der Waals surface area (Å²) < 4.78 is 20.1. The fourth-order valence-corrected chi connectivity index (χ4v) is 2.04. The van der Waals surface area contributed by atoms with E-state index in [2.05, 4.69) is 4.52 Å². The molecule has 14 heavy (non-hydrogen) atoms. The molecule has 1 fully saturated rings. The van der Waals surface area contributed by atoms with Gasteiger partial charge in [0.25, 0.3) is 0 Å². The lowest BCUT2D eigenvalue weighted by Crippen LogP contribution is -2.30. The third-order valence-electron chi connectivity index (χ3n) is 2.17. The summed E-state index contributed by atoms with van der Waals surface area (Å²) >= 11 is 0. The Morgan fingerprint density at radius 1 is 1.57 bits per heavy atom. The molecule has 1 rings (SSSR count). The van der Waals surface area contributed by atoms with Crippen molar-refractivity contribution in [2.75, 3.05) is 6.61 Å². The molecule has 0 aromatic heterocycles. The van der Waals surface area contributed by atoms with Gasteiger partial charge in [-0.1, -0.05) is 6.92 Å². The van der Waals surface area contributed by atoms with Gasteiger partial charge in [0.15, 0.2) is 0 Å². The number of hydrogen-bond donors (Lipinski definition) is 3. The molecule has 3 N–H and O–H groups in total. The van der Waals surface area contributed by atoms with Gasteiger partial charge in [0, 0.05) is 11.9 Å². The van der Waals surface area contributed by atoms with Crippen molar-refractivity contribution in [2.45, 2.75) is 25.1 Å². The van der Waals surface area contributed by atoms with E-state index >= 15 is 0 Å². The van der Waals surface area contributed by atoms with Crippen molar-refractivity contribution >= 4 is 15.7 Å². The standard InChI is InChI=1S/C6H12BO6P/c1-3-5(13-14(9,10)11)4(2-8)12-6(3)7/h3-6,8H,2H2,1H3,(H2,9,10,11). The second-order valence-corrected chi connectivity index (χ2v) is 4.43. The summed E-state index contributed by atoms with van der Waals surface area (Å²) in [6, 6.07) is -0.677. The van der Waals surface area contributed by atoms with Crippen molar-refractivity contribution in [3.8, 4) is 0 Å². The van der Waals surface area contributed by atoms with Crippen LogP contribution in [0.4, 0.5) is 0 Å². The molecule has 4 atom stereocenters. The Hall–Kier alpha value is 0.0949. The Bertz CT molecular complexity index is 242. The molecule has 1 heterocycles. The van der Waals surface area contributed by atoms with Gasteiger partial charge in [-0.15, -0.1) is 0 Å². The first kappa shape index (κ1) is 12.2. The second-order valence-electron chi connectivity index (χ2n) is 3.24. The van der Waals surface area contributed by atoms with Crippen LogP contribution in [0.15, 0.2) is 0 Å². The summed E-state index contributed by atoms with van der Waals surface area (Å²) in [6.45, 7) is 1.25. The SMILES string of the molecule is [B]C1OC(CO)C(OP(=O)(O)O)C1C. The maximum Gasteiger partial charge on any atom is 0.469 e. The van der Waals surface area contributed by atoms with E-state index < -0.39 is 26.0 Å². The molecule has 1 aliphatic heterocycles. The molecule has 0 aromatic rings. The van der Waals surface area contributed by atoms with Crippen LogP contribution in [0.2, 0.25) is 0 Å².